The second kappa shape index (κ2) is 5.53. The lowest BCUT2D eigenvalue weighted by molar-refractivity contribution is -0.137. The van der Waals surface area contributed by atoms with Crippen LogP contribution in [-0.4, -0.2) is 15.0 Å². The topological polar surface area (TPSA) is 50.7 Å². The summed E-state index contributed by atoms with van der Waals surface area (Å²) in [7, 11) is 0. The van der Waals surface area contributed by atoms with Gasteiger partial charge in [-0.2, -0.15) is 13.2 Å². The minimum absolute atomic E-state index is 0.428. The van der Waals surface area contributed by atoms with Gasteiger partial charge in [0.25, 0.3) is 0 Å². The molecule has 1 N–H and O–H groups in total. The van der Waals surface area contributed by atoms with E-state index < -0.39 is 11.7 Å². The molecule has 0 fully saturated rings. The highest BCUT2D eigenvalue weighted by Gasteiger charge is 2.29. The molecule has 0 bridgehead atoms. The average Bonchev–Trinajstić information content (AvgIpc) is 2.47. The Labute approximate surface area is 131 Å². The lowest BCUT2D eigenvalue weighted by Crippen LogP contribution is -2.04. The van der Waals surface area contributed by atoms with Gasteiger partial charge in [-0.1, -0.05) is 0 Å². The molecule has 2 aromatic heterocycles. The molecular formula is C14H8BrF3N4. The molecule has 0 atom stereocenters. The first-order chi connectivity index (χ1) is 10.4. The molecule has 0 spiro atoms. The smallest absolute Gasteiger partial charge is 0.338 e. The highest BCUT2D eigenvalue weighted by molar-refractivity contribution is 9.10. The second-order valence-corrected chi connectivity index (χ2v) is 5.36. The Kier molecular flexibility index (Phi) is 3.69. The van der Waals surface area contributed by atoms with Crippen molar-refractivity contribution in [2.24, 2.45) is 0 Å². The Balaban J connectivity index is 1.93. The Morgan fingerprint density at radius 3 is 2.41 bits per heavy atom. The number of hydrogen-bond acceptors (Lipinski definition) is 4. The summed E-state index contributed by atoms with van der Waals surface area (Å²) < 4.78 is 38.4. The van der Waals surface area contributed by atoms with Gasteiger partial charge >= 0.3 is 6.18 Å². The van der Waals surface area contributed by atoms with Crippen LogP contribution in [0.2, 0.25) is 0 Å². The van der Waals surface area contributed by atoms with Gasteiger partial charge < -0.3 is 5.32 Å². The Hall–Kier alpha value is -2.22. The molecule has 22 heavy (non-hydrogen) atoms. The van der Waals surface area contributed by atoms with Crippen LogP contribution in [-0.2, 0) is 6.18 Å². The van der Waals surface area contributed by atoms with E-state index in [1.54, 1.807) is 12.3 Å². The number of aromatic nitrogens is 3. The summed E-state index contributed by atoms with van der Waals surface area (Å²) in [4.78, 5) is 12.4. The third-order valence-corrected chi connectivity index (χ3v) is 3.35. The number of anilines is 2. The van der Waals surface area contributed by atoms with E-state index in [0.29, 0.717) is 22.5 Å². The van der Waals surface area contributed by atoms with Gasteiger partial charge in [-0.3, -0.25) is 0 Å². The minimum atomic E-state index is -4.35. The molecule has 0 aliphatic heterocycles. The highest BCUT2D eigenvalue weighted by atomic mass is 79.9. The Morgan fingerprint density at radius 1 is 1.00 bits per heavy atom. The monoisotopic (exact) mass is 368 g/mol. The normalized spacial score (nSPS) is 11.6. The summed E-state index contributed by atoms with van der Waals surface area (Å²) in [5.74, 6) is 0.428. The van der Waals surface area contributed by atoms with Crippen molar-refractivity contribution in [2.75, 3.05) is 5.32 Å². The predicted octanol–water partition coefficient (Wildman–Crippen LogP) is 4.55. The van der Waals surface area contributed by atoms with Crippen LogP contribution in [0.15, 0.2) is 47.3 Å². The molecule has 0 amide bonds. The van der Waals surface area contributed by atoms with Crippen molar-refractivity contribution in [2.45, 2.75) is 6.18 Å². The van der Waals surface area contributed by atoms with Crippen molar-refractivity contribution in [3.63, 3.8) is 0 Å². The molecule has 0 aliphatic rings. The van der Waals surface area contributed by atoms with Crippen molar-refractivity contribution in [1.29, 1.82) is 0 Å². The van der Waals surface area contributed by atoms with Crippen LogP contribution in [0.4, 0.5) is 24.7 Å². The molecule has 3 aromatic rings. The number of halogens is 4. The molecule has 0 radical (unpaired) electrons. The van der Waals surface area contributed by atoms with Crippen molar-refractivity contribution in [1.82, 2.24) is 15.0 Å². The molecule has 112 valence electrons. The van der Waals surface area contributed by atoms with Crippen LogP contribution in [0.3, 0.4) is 0 Å². The van der Waals surface area contributed by atoms with E-state index in [0.717, 1.165) is 16.6 Å². The van der Waals surface area contributed by atoms with Gasteiger partial charge in [0.15, 0.2) is 5.82 Å². The number of nitrogens with one attached hydrogen (secondary N) is 1. The van der Waals surface area contributed by atoms with E-state index >= 15 is 0 Å². The number of benzene rings is 1. The van der Waals surface area contributed by atoms with Crippen molar-refractivity contribution in [3.8, 4) is 0 Å². The van der Waals surface area contributed by atoms with E-state index in [1.165, 1.54) is 18.5 Å². The lowest BCUT2D eigenvalue weighted by Gasteiger charge is -2.10. The summed E-state index contributed by atoms with van der Waals surface area (Å²) >= 11 is 3.30. The molecule has 0 aliphatic carbocycles. The zero-order valence-electron chi connectivity index (χ0n) is 10.9. The quantitative estimate of drug-likeness (QED) is 0.720. The lowest BCUT2D eigenvalue weighted by atomic mass is 10.2. The Bertz CT molecular complexity index is 818. The summed E-state index contributed by atoms with van der Waals surface area (Å²) in [5.41, 5.74) is 0.940. The summed E-state index contributed by atoms with van der Waals surface area (Å²) in [6.07, 6.45) is -1.39. The number of fused-ring (bicyclic) bond motifs is 1. The van der Waals surface area contributed by atoms with Crippen LogP contribution in [0.1, 0.15) is 5.56 Å². The van der Waals surface area contributed by atoms with Crippen molar-refractivity contribution < 1.29 is 13.2 Å². The number of nitrogens with zero attached hydrogens (tertiary/aromatic N) is 3. The molecule has 0 saturated carbocycles. The fourth-order valence-corrected chi connectivity index (χ4v) is 2.21. The molecule has 1 aromatic carbocycles. The van der Waals surface area contributed by atoms with E-state index in [2.05, 4.69) is 36.2 Å². The molecule has 0 saturated heterocycles. The van der Waals surface area contributed by atoms with Gasteiger partial charge in [-0.25, -0.2) is 15.0 Å². The van der Waals surface area contributed by atoms with E-state index in [9.17, 15) is 13.2 Å². The number of hydrogen-bond donors (Lipinski definition) is 1. The zero-order valence-corrected chi connectivity index (χ0v) is 12.5. The van der Waals surface area contributed by atoms with Gasteiger partial charge in [0.2, 0.25) is 0 Å². The summed E-state index contributed by atoms with van der Waals surface area (Å²) in [5, 5.41) is 2.95. The van der Waals surface area contributed by atoms with E-state index in [1.807, 2.05) is 0 Å². The van der Waals surface area contributed by atoms with E-state index in [4.69, 9.17) is 0 Å². The van der Waals surface area contributed by atoms with Crippen LogP contribution in [0, 0.1) is 0 Å². The fraction of sp³-hybridized carbons (Fsp3) is 0.0714. The number of pyridine rings is 1. The van der Waals surface area contributed by atoms with Crippen molar-refractivity contribution >= 4 is 38.5 Å². The third kappa shape index (κ3) is 3.01. The first kappa shape index (κ1) is 14.7. The first-order valence-electron chi connectivity index (χ1n) is 6.14. The second-order valence-electron chi connectivity index (χ2n) is 4.44. The molecule has 4 nitrogen and oxygen atoms in total. The minimum Gasteiger partial charge on any atom is -0.338 e. The van der Waals surface area contributed by atoms with E-state index in [-0.39, 0.29) is 0 Å². The van der Waals surface area contributed by atoms with Crippen LogP contribution in [0.25, 0.3) is 11.0 Å². The molecule has 2 heterocycles. The third-order valence-electron chi connectivity index (χ3n) is 2.92. The van der Waals surface area contributed by atoms with Gasteiger partial charge in [0.1, 0.15) is 11.8 Å². The number of rotatable bonds is 2. The average molecular weight is 369 g/mol. The van der Waals surface area contributed by atoms with Crippen LogP contribution in [0.5, 0.6) is 0 Å². The molecular weight excluding hydrogens is 361 g/mol. The van der Waals surface area contributed by atoms with Gasteiger partial charge in [0, 0.05) is 16.4 Å². The predicted molar refractivity (Wildman–Crippen MR) is 79.8 cm³/mol. The molecule has 3 rings (SSSR count). The largest absolute Gasteiger partial charge is 0.416 e. The maximum Gasteiger partial charge on any atom is 0.416 e. The SMILES string of the molecule is FC(F)(F)c1ccc(Nc2ncnc3cc(Br)cnc23)cc1. The maximum atomic E-state index is 12.5. The first-order valence-corrected chi connectivity index (χ1v) is 6.93. The fourth-order valence-electron chi connectivity index (χ4n) is 1.89. The van der Waals surface area contributed by atoms with Crippen LogP contribution < -0.4 is 5.32 Å². The standard InChI is InChI=1S/C14H8BrF3N4/c15-9-5-11-12(19-6-9)13(21-7-20-11)22-10-3-1-8(2-4-10)14(16,17)18/h1-7H,(H,20,21,22). The summed E-state index contributed by atoms with van der Waals surface area (Å²) in [6, 6.07) is 6.48. The van der Waals surface area contributed by atoms with Gasteiger partial charge in [0.05, 0.1) is 11.1 Å². The Morgan fingerprint density at radius 2 is 1.73 bits per heavy atom. The van der Waals surface area contributed by atoms with Gasteiger partial charge in [-0.15, -0.1) is 0 Å². The summed E-state index contributed by atoms with van der Waals surface area (Å²) in [6.45, 7) is 0. The van der Waals surface area contributed by atoms with Gasteiger partial charge in [-0.05, 0) is 46.3 Å². The highest BCUT2D eigenvalue weighted by Crippen LogP contribution is 2.30. The van der Waals surface area contributed by atoms with Crippen molar-refractivity contribution in [3.05, 3.63) is 52.9 Å². The maximum absolute atomic E-state index is 12.5. The molecule has 8 heteroatoms. The molecule has 0 unspecified atom stereocenters. The van der Waals surface area contributed by atoms with Crippen LogP contribution >= 0.6 is 15.9 Å². The number of alkyl halides is 3. The zero-order chi connectivity index (χ0) is 15.7.